The van der Waals surface area contributed by atoms with E-state index >= 15 is 0 Å². The molecule has 4 nitrogen and oxygen atoms in total. The quantitative estimate of drug-likeness (QED) is 0.908. The van der Waals surface area contributed by atoms with Gasteiger partial charge in [-0.1, -0.05) is 6.07 Å². The summed E-state index contributed by atoms with van der Waals surface area (Å²) in [6.07, 6.45) is -0.131. The number of hydrogen-bond donors (Lipinski definition) is 1. The molecule has 1 fully saturated rings. The monoisotopic (exact) mass is 281 g/mol. The summed E-state index contributed by atoms with van der Waals surface area (Å²) in [4.78, 5) is -0.806. The molecule has 1 saturated heterocycles. The highest BCUT2D eigenvalue weighted by atomic mass is 32.2. The van der Waals surface area contributed by atoms with Gasteiger partial charge in [-0.2, -0.15) is 13.2 Å². The normalized spacial score (nSPS) is 17.3. The molecule has 0 amide bonds. The van der Waals surface area contributed by atoms with Gasteiger partial charge >= 0.3 is 5.51 Å². The van der Waals surface area contributed by atoms with Crippen LogP contribution in [0, 0.1) is 0 Å². The minimum Gasteiger partial charge on any atom is -0.488 e. The number of sulfone groups is 1. The van der Waals surface area contributed by atoms with Gasteiger partial charge in [0, 0.05) is 13.1 Å². The van der Waals surface area contributed by atoms with Gasteiger partial charge in [0.05, 0.1) is 4.90 Å². The fourth-order valence-corrected chi connectivity index (χ4v) is 2.18. The Balaban J connectivity index is 2.26. The van der Waals surface area contributed by atoms with Crippen molar-refractivity contribution in [3.05, 3.63) is 24.3 Å². The average Bonchev–Trinajstić information content (AvgIpc) is 2.22. The predicted octanol–water partition coefficient (Wildman–Crippen LogP) is 1.33. The first-order valence-corrected chi connectivity index (χ1v) is 6.58. The Hall–Kier alpha value is -1.28. The highest BCUT2D eigenvalue weighted by Gasteiger charge is 2.47. The lowest BCUT2D eigenvalue weighted by molar-refractivity contribution is -0.0436. The number of ether oxygens (including phenoxy) is 1. The zero-order valence-electron chi connectivity index (χ0n) is 9.07. The number of benzene rings is 1. The van der Waals surface area contributed by atoms with Crippen molar-refractivity contribution in [2.75, 3.05) is 13.1 Å². The smallest absolute Gasteiger partial charge is 0.488 e. The second-order valence-electron chi connectivity index (χ2n) is 3.82. The lowest BCUT2D eigenvalue weighted by atomic mass is 10.2. The van der Waals surface area contributed by atoms with E-state index in [2.05, 4.69) is 5.32 Å². The minimum absolute atomic E-state index is 0.117. The van der Waals surface area contributed by atoms with Gasteiger partial charge in [0.2, 0.25) is 0 Å². The van der Waals surface area contributed by atoms with E-state index in [1.807, 2.05) is 0 Å². The molecule has 1 aliphatic rings. The molecule has 100 valence electrons. The molecule has 0 spiro atoms. The van der Waals surface area contributed by atoms with Crippen LogP contribution in [0.5, 0.6) is 5.75 Å². The zero-order chi connectivity index (χ0) is 13.4. The molecular formula is C10H10F3NO3S. The van der Waals surface area contributed by atoms with E-state index in [1.54, 1.807) is 0 Å². The second kappa shape index (κ2) is 4.43. The van der Waals surface area contributed by atoms with Crippen LogP contribution in [0.25, 0.3) is 0 Å². The van der Waals surface area contributed by atoms with E-state index in [0.29, 0.717) is 13.1 Å². The molecule has 1 aliphatic heterocycles. The second-order valence-corrected chi connectivity index (χ2v) is 5.76. The summed E-state index contributed by atoms with van der Waals surface area (Å²) in [6.45, 7) is 1.19. The minimum atomic E-state index is -5.32. The Kier molecular flexibility index (Phi) is 3.24. The van der Waals surface area contributed by atoms with Crippen LogP contribution < -0.4 is 10.1 Å². The van der Waals surface area contributed by atoms with Crippen molar-refractivity contribution in [1.82, 2.24) is 5.32 Å². The van der Waals surface area contributed by atoms with Crippen LogP contribution in [0.15, 0.2) is 29.2 Å². The molecule has 2 rings (SSSR count). The van der Waals surface area contributed by atoms with E-state index < -0.39 is 20.2 Å². The van der Waals surface area contributed by atoms with Crippen molar-refractivity contribution in [2.24, 2.45) is 0 Å². The van der Waals surface area contributed by atoms with Gasteiger partial charge in [-0.25, -0.2) is 8.42 Å². The number of hydrogen-bond acceptors (Lipinski definition) is 4. The van der Waals surface area contributed by atoms with Crippen LogP contribution in [0.4, 0.5) is 13.2 Å². The van der Waals surface area contributed by atoms with Crippen molar-refractivity contribution in [2.45, 2.75) is 16.5 Å². The molecule has 0 unspecified atom stereocenters. The fourth-order valence-electron chi connectivity index (χ4n) is 1.39. The lowest BCUT2D eigenvalue weighted by Crippen LogP contribution is -2.50. The molecule has 0 aliphatic carbocycles. The maximum Gasteiger partial charge on any atom is 0.501 e. The number of rotatable bonds is 3. The maximum atomic E-state index is 12.4. The first kappa shape index (κ1) is 13.2. The van der Waals surface area contributed by atoms with E-state index in [9.17, 15) is 21.6 Å². The number of alkyl halides is 3. The summed E-state index contributed by atoms with van der Waals surface area (Å²) in [7, 11) is -5.32. The molecule has 1 aromatic rings. The zero-order valence-corrected chi connectivity index (χ0v) is 9.88. The standard InChI is InChI=1S/C10H10F3NO3S/c11-10(12,13)18(15,16)9-3-1-2-7(4-9)17-8-5-14-6-8/h1-4,8,14H,5-6H2. The van der Waals surface area contributed by atoms with Gasteiger partial charge in [-0.15, -0.1) is 0 Å². The number of halogens is 3. The molecule has 1 N–H and O–H groups in total. The first-order valence-electron chi connectivity index (χ1n) is 5.09. The van der Waals surface area contributed by atoms with Gasteiger partial charge in [-0.05, 0) is 18.2 Å². The van der Waals surface area contributed by atoms with Gasteiger partial charge < -0.3 is 10.1 Å². The van der Waals surface area contributed by atoms with E-state index in [4.69, 9.17) is 4.74 Å². The summed E-state index contributed by atoms with van der Waals surface area (Å²) < 4.78 is 64.7. The molecule has 0 atom stereocenters. The third kappa shape index (κ3) is 2.44. The molecule has 8 heteroatoms. The Morgan fingerprint density at radius 2 is 1.94 bits per heavy atom. The van der Waals surface area contributed by atoms with Gasteiger partial charge in [0.15, 0.2) is 0 Å². The van der Waals surface area contributed by atoms with E-state index in [1.165, 1.54) is 12.1 Å². The number of nitrogens with one attached hydrogen (secondary N) is 1. The van der Waals surface area contributed by atoms with Crippen LogP contribution in [0.2, 0.25) is 0 Å². The van der Waals surface area contributed by atoms with Crippen LogP contribution >= 0.6 is 0 Å². The highest BCUT2D eigenvalue weighted by molar-refractivity contribution is 7.92. The van der Waals surface area contributed by atoms with Crippen LogP contribution in [-0.4, -0.2) is 33.1 Å². The largest absolute Gasteiger partial charge is 0.501 e. The Labute approximate surface area is 102 Å². The summed E-state index contributed by atoms with van der Waals surface area (Å²) in [5.74, 6) is 0.117. The highest BCUT2D eigenvalue weighted by Crippen LogP contribution is 2.31. The average molecular weight is 281 g/mol. The van der Waals surface area contributed by atoms with E-state index in [-0.39, 0.29) is 11.9 Å². The third-order valence-electron chi connectivity index (χ3n) is 2.47. The summed E-state index contributed by atoms with van der Waals surface area (Å²) in [5, 5.41) is 2.93. The Bertz CT molecular complexity index is 538. The van der Waals surface area contributed by atoms with Crippen LogP contribution in [0.1, 0.15) is 0 Å². The molecule has 1 aromatic carbocycles. The summed E-state index contributed by atoms with van der Waals surface area (Å²) >= 11 is 0. The topological polar surface area (TPSA) is 55.4 Å². The van der Waals surface area contributed by atoms with Crippen molar-refractivity contribution in [1.29, 1.82) is 0 Å². The molecule has 0 aromatic heterocycles. The van der Waals surface area contributed by atoms with Crippen molar-refractivity contribution in [3.63, 3.8) is 0 Å². The molecule has 0 radical (unpaired) electrons. The molecular weight excluding hydrogens is 271 g/mol. The molecule has 0 saturated carbocycles. The predicted molar refractivity (Wildman–Crippen MR) is 57.0 cm³/mol. The third-order valence-corrected chi connectivity index (χ3v) is 3.95. The van der Waals surface area contributed by atoms with Crippen molar-refractivity contribution >= 4 is 9.84 Å². The van der Waals surface area contributed by atoms with Crippen LogP contribution in [-0.2, 0) is 9.84 Å². The molecule has 0 bridgehead atoms. The maximum absolute atomic E-state index is 12.4. The first-order chi connectivity index (χ1) is 8.30. The van der Waals surface area contributed by atoms with Crippen LogP contribution in [0.3, 0.4) is 0 Å². The Morgan fingerprint density at radius 3 is 2.44 bits per heavy atom. The summed E-state index contributed by atoms with van der Waals surface area (Å²) in [5.41, 5.74) is -5.30. The SMILES string of the molecule is O=S(=O)(c1cccc(OC2CNC2)c1)C(F)(F)F. The fraction of sp³-hybridized carbons (Fsp3) is 0.400. The van der Waals surface area contributed by atoms with Crippen molar-refractivity contribution < 1.29 is 26.3 Å². The summed E-state index contributed by atoms with van der Waals surface area (Å²) in [6, 6.07) is 4.43. The molecule has 18 heavy (non-hydrogen) atoms. The lowest BCUT2D eigenvalue weighted by Gasteiger charge is -2.27. The van der Waals surface area contributed by atoms with Gasteiger partial charge in [0.25, 0.3) is 9.84 Å². The van der Waals surface area contributed by atoms with Gasteiger partial charge in [0.1, 0.15) is 11.9 Å². The van der Waals surface area contributed by atoms with Gasteiger partial charge in [-0.3, -0.25) is 0 Å². The molecule has 1 heterocycles. The Morgan fingerprint density at radius 1 is 1.28 bits per heavy atom. The van der Waals surface area contributed by atoms with E-state index in [0.717, 1.165) is 12.1 Å². The van der Waals surface area contributed by atoms with Crippen molar-refractivity contribution in [3.8, 4) is 5.75 Å².